The van der Waals surface area contributed by atoms with Crippen LogP contribution in [0.25, 0.3) is 10.2 Å². The van der Waals surface area contributed by atoms with Gasteiger partial charge in [-0.05, 0) is 39.5 Å². The van der Waals surface area contributed by atoms with E-state index in [1.807, 2.05) is 6.07 Å². The monoisotopic (exact) mass is 338 g/mol. The molecule has 2 aromatic heterocycles. The number of thiophene rings is 1. The normalized spacial score (nSPS) is 11.2. The van der Waals surface area contributed by atoms with Gasteiger partial charge in [0.25, 0.3) is 0 Å². The molecule has 0 saturated heterocycles. The molecule has 0 radical (unpaired) electrons. The molecule has 0 aliphatic rings. The molecule has 5 heteroatoms. The third kappa shape index (κ3) is 2.64. The SMILES string of the molecule is Brc1ccsc1CNCc1nc2ccccc2s1. The minimum Gasteiger partial charge on any atom is -0.305 e. The van der Waals surface area contributed by atoms with E-state index >= 15 is 0 Å². The second-order valence-electron chi connectivity index (χ2n) is 3.87. The first kappa shape index (κ1) is 12.3. The fraction of sp³-hybridized carbons (Fsp3) is 0.154. The van der Waals surface area contributed by atoms with Crippen LogP contribution in [0.5, 0.6) is 0 Å². The fourth-order valence-electron chi connectivity index (χ4n) is 1.73. The van der Waals surface area contributed by atoms with Gasteiger partial charge in [-0.2, -0.15) is 0 Å². The summed E-state index contributed by atoms with van der Waals surface area (Å²) >= 11 is 7.06. The molecule has 18 heavy (non-hydrogen) atoms. The van der Waals surface area contributed by atoms with Crippen molar-refractivity contribution in [1.82, 2.24) is 10.3 Å². The van der Waals surface area contributed by atoms with E-state index in [2.05, 4.69) is 55.9 Å². The zero-order valence-electron chi connectivity index (χ0n) is 9.52. The highest BCUT2D eigenvalue weighted by Gasteiger charge is 2.04. The van der Waals surface area contributed by atoms with Crippen LogP contribution in [0.3, 0.4) is 0 Å². The van der Waals surface area contributed by atoms with E-state index in [1.54, 1.807) is 22.7 Å². The molecule has 0 unspecified atom stereocenters. The molecular formula is C13H11BrN2S2. The van der Waals surface area contributed by atoms with E-state index in [4.69, 9.17) is 0 Å². The Morgan fingerprint density at radius 2 is 2.06 bits per heavy atom. The van der Waals surface area contributed by atoms with Crippen LogP contribution in [0.1, 0.15) is 9.88 Å². The smallest absolute Gasteiger partial charge is 0.108 e. The minimum atomic E-state index is 0.823. The van der Waals surface area contributed by atoms with Crippen molar-refractivity contribution >= 4 is 48.8 Å². The number of benzene rings is 1. The molecule has 1 N–H and O–H groups in total. The number of hydrogen-bond acceptors (Lipinski definition) is 4. The molecule has 92 valence electrons. The topological polar surface area (TPSA) is 24.9 Å². The quantitative estimate of drug-likeness (QED) is 0.762. The number of thiazole rings is 1. The highest BCUT2D eigenvalue weighted by atomic mass is 79.9. The van der Waals surface area contributed by atoms with Crippen molar-refractivity contribution in [3.05, 3.63) is 50.1 Å². The van der Waals surface area contributed by atoms with Gasteiger partial charge in [-0.15, -0.1) is 22.7 Å². The Kier molecular flexibility index (Phi) is 3.75. The number of rotatable bonds is 4. The van der Waals surface area contributed by atoms with Crippen LogP contribution >= 0.6 is 38.6 Å². The van der Waals surface area contributed by atoms with Crippen LogP contribution in [-0.2, 0) is 13.1 Å². The van der Waals surface area contributed by atoms with Gasteiger partial charge in [0, 0.05) is 22.4 Å². The average Bonchev–Trinajstić information content (AvgIpc) is 2.96. The molecular weight excluding hydrogens is 328 g/mol. The van der Waals surface area contributed by atoms with Crippen molar-refractivity contribution in [2.45, 2.75) is 13.1 Å². The maximum Gasteiger partial charge on any atom is 0.108 e. The first-order valence-corrected chi connectivity index (χ1v) is 8.09. The van der Waals surface area contributed by atoms with Crippen molar-refractivity contribution in [3.63, 3.8) is 0 Å². The minimum absolute atomic E-state index is 0.823. The molecule has 0 fully saturated rings. The van der Waals surface area contributed by atoms with E-state index in [-0.39, 0.29) is 0 Å². The lowest BCUT2D eigenvalue weighted by atomic mass is 10.3. The predicted octanol–water partition coefficient (Wildman–Crippen LogP) is 4.41. The van der Waals surface area contributed by atoms with Gasteiger partial charge in [-0.25, -0.2) is 4.98 Å². The molecule has 3 aromatic rings. The second kappa shape index (κ2) is 5.48. The van der Waals surface area contributed by atoms with E-state index in [0.29, 0.717) is 0 Å². The van der Waals surface area contributed by atoms with Crippen LogP contribution < -0.4 is 5.32 Å². The van der Waals surface area contributed by atoms with Gasteiger partial charge in [0.15, 0.2) is 0 Å². The van der Waals surface area contributed by atoms with Crippen molar-refractivity contribution in [3.8, 4) is 0 Å². The molecule has 0 amide bonds. The molecule has 3 rings (SSSR count). The van der Waals surface area contributed by atoms with E-state index in [9.17, 15) is 0 Å². The summed E-state index contributed by atoms with van der Waals surface area (Å²) in [5.41, 5.74) is 1.09. The third-order valence-corrected chi connectivity index (χ3v) is 5.55. The molecule has 0 aliphatic carbocycles. The number of hydrogen-bond donors (Lipinski definition) is 1. The van der Waals surface area contributed by atoms with Crippen LogP contribution in [0.2, 0.25) is 0 Å². The summed E-state index contributed by atoms with van der Waals surface area (Å²) in [5, 5.41) is 6.67. The Morgan fingerprint density at radius 3 is 2.83 bits per heavy atom. The highest BCUT2D eigenvalue weighted by Crippen LogP contribution is 2.23. The lowest BCUT2D eigenvalue weighted by Crippen LogP contribution is -2.11. The Bertz CT molecular complexity index is 627. The first-order chi connectivity index (χ1) is 8.83. The van der Waals surface area contributed by atoms with Gasteiger partial charge in [0.2, 0.25) is 0 Å². The van der Waals surface area contributed by atoms with Crippen molar-refractivity contribution < 1.29 is 0 Å². The predicted molar refractivity (Wildman–Crippen MR) is 82.2 cm³/mol. The van der Waals surface area contributed by atoms with Gasteiger partial charge in [-0.1, -0.05) is 12.1 Å². The maximum atomic E-state index is 4.60. The summed E-state index contributed by atoms with van der Waals surface area (Å²) in [6.07, 6.45) is 0. The molecule has 0 bridgehead atoms. The zero-order chi connectivity index (χ0) is 12.4. The maximum absolute atomic E-state index is 4.60. The number of fused-ring (bicyclic) bond motifs is 1. The Labute approximate surface area is 122 Å². The molecule has 2 heterocycles. The summed E-state index contributed by atoms with van der Waals surface area (Å²) < 4.78 is 2.44. The van der Waals surface area contributed by atoms with Crippen molar-refractivity contribution in [2.75, 3.05) is 0 Å². The molecule has 0 spiro atoms. The van der Waals surface area contributed by atoms with E-state index in [1.165, 1.54) is 14.0 Å². The standard InChI is InChI=1S/C13H11BrN2S2/c14-9-5-6-17-12(9)7-15-8-13-16-10-3-1-2-4-11(10)18-13/h1-6,15H,7-8H2. The molecule has 1 aromatic carbocycles. The lowest BCUT2D eigenvalue weighted by Gasteiger charge is -2.00. The number of aromatic nitrogens is 1. The van der Waals surface area contributed by atoms with E-state index < -0.39 is 0 Å². The van der Waals surface area contributed by atoms with Gasteiger partial charge in [0.1, 0.15) is 5.01 Å². The van der Waals surface area contributed by atoms with Crippen LogP contribution in [0, 0.1) is 0 Å². The van der Waals surface area contributed by atoms with Gasteiger partial charge in [-0.3, -0.25) is 0 Å². The van der Waals surface area contributed by atoms with Crippen LogP contribution in [-0.4, -0.2) is 4.98 Å². The Morgan fingerprint density at radius 1 is 1.17 bits per heavy atom. The lowest BCUT2D eigenvalue weighted by molar-refractivity contribution is 0.697. The summed E-state index contributed by atoms with van der Waals surface area (Å²) in [7, 11) is 0. The van der Waals surface area contributed by atoms with Gasteiger partial charge >= 0.3 is 0 Å². The van der Waals surface area contributed by atoms with Crippen molar-refractivity contribution in [1.29, 1.82) is 0 Å². The number of nitrogens with one attached hydrogen (secondary N) is 1. The van der Waals surface area contributed by atoms with Gasteiger partial charge < -0.3 is 5.32 Å². The number of nitrogens with zero attached hydrogens (tertiary/aromatic N) is 1. The van der Waals surface area contributed by atoms with E-state index in [0.717, 1.165) is 23.6 Å². The number of halogens is 1. The highest BCUT2D eigenvalue weighted by molar-refractivity contribution is 9.10. The fourth-order valence-corrected chi connectivity index (χ4v) is 4.13. The molecule has 2 nitrogen and oxygen atoms in total. The zero-order valence-corrected chi connectivity index (χ0v) is 12.7. The second-order valence-corrected chi connectivity index (χ2v) is 6.84. The van der Waals surface area contributed by atoms with Crippen molar-refractivity contribution in [2.24, 2.45) is 0 Å². The first-order valence-electron chi connectivity index (χ1n) is 5.60. The third-order valence-electron chi connectivity index (χ3n) is 2.59. The van der Waals surface area contributed by atoms with Gasteiger partial charge in [0.05, 0.1) is 10.2 Å². The Balaban J connectivity index is 1.65. The molecule has 0 saturated carbocycles. The summed E-state index contributed by atoms with van der Waals surface area (Å²) in [4.78, 5) is 5.93. The molecule has 0 aliphatic heterocycles. The summed E-state index contributed by atoms with van der Waals surface area (Å²) in [5.74, 6) is 0. The molecule has 0 atom stereocenters. The van der Waals surface area contributed by atoms with Crippen LogP contribution in [0.15, 0.2) is 40.2 Å². The average molecular weight is 339 g/mol. The Hall–Kier alpha value is -0.750. The summed E-state index contributed by atoms with van der Waals surface area (Å²) in [6.45, 7) is 1.71. The largest absolute Gasteiger partial charge is 0.305 e. The van der Waals surface area contributed by atoms with Crippen LogP contribution in [0.4, 0.5) is 0 Å². The number of para-hydroxylation sites is 1. The summed E-state index contributed by atoms with van der Waals surface area (Å²) in [6, 6.07) is 10.3.